The molecule has 1 aromatic carbocycles. The number of rotatable bonds is 3. The van der Waals surface area contributed by atoms with Crippen molar-refractivity contribution < 1.29 is 19.4 Å². The lowest BCUT2D eigenvalue weighted by atomic mass is 10.0. The number of urea groups is 1. The lowest BCUT2D eigenvalue weighted by molar-refractivity contribution is -0.142. The summed E-state index contributed by atoms with van der Waals surface area (Å²) in [6, 6.07) is 4.23. The molecule has 21 heavy (non-hydrogen) atoms. The molecule has 114 valence electrons. The van der Waals surface area contributed by atoms with Crippen molar-refractivity contribution in [3.63, 3.8) is 0 Å². The van der Waals surface area contributed by atoms with Gasteiger partial charge in [0.05, 0.1) is 23.7 Å². The van der Waals surface area contributed by atoms with Crippen LogP contribution in [0.2, 0.25) is 5.02 Å². The molecule has 1 heterocycles. The molecule has 7 heteroatoms. The Kier molecular flexibility index (Phi) is 4.57. The Balaban J connectivity index is 2.10. The summed E-state index contributed by atoms with van der Waals surface area (Å²) in [4.78, 5) is 24.9. The predicted octanol–water partition coefficient (Wildman–Crippen LogP) is 2.68. The summed E-state index contributed by atoms with van der Waals surface area (Å²) in [7, 11) is 1.52. The summed E-state index contributed by atoms with van der Waals surface area (Å²) in [5.74, 6) is -0.832. The highest BCUT2D eigenvalue weighted by atomic mass is 35.5. The van der Waals surface area contributed by atoms with E-state index in [0.717, 1.165) is 0 Å². The zero-order valence-electron chi connectivity index (χ0n) is 11.8. The molecular weight excluding hydrogens is 296 g/mol. The maximum Gasteiger partial charge on any atom is 0.322 e. The molecule has 1 aliphatic heterocycles. The van der Waals surface area contributed by atoms with Crippen molar-refractivity contribution in [3.05, 3.63) is 23.2 Å². The van der Waals surface area contributed by atoms with Gasteiger partial charge in [-0.1, -0.05) is 11.6 Å². The van der Waals surface area contributed by atoms with E-state index < -0.39 is 11.9 Å². The van der Waals surface area contributed by atoms with Crippen LogP contribution in [-0.4, -0.2) is 41.7 Å². The number of nitrogens with zero attached hydrogens (tertiary/aromatic N) is 1. The average Bonchev–Trinajstić information content (AvgIpc) is 2.83. The minimum absolute atomic E-state index is 0.355. The van der Waals surface area contributed by atoms with E-state index in [0.29, 0.717) is 29.4 Å². The molecule has 0 radical (unpaired) electrons. The third-order valence-electron chi connectivity index (χ3n) is 3.75. The van der Waals surface area contributed by atoms with Gasteiger partial charge in [0.15, 0.2) is 0 Å². The Morgan fingerprint density at radius 2 is 2.19 bits per heavy atom. The van der Waals surface area contributed by atoms with E-state index in [1.165, 1.54) is 12.0 Å². The molecule has 1 fully saturated rings. The quantitative estimate of drug-likeness (QED) is 0.899. The number of ether oxygens (including phenoxy) is 1. The number of carboxylic acid groups (broad SMARTS) is 1. The number of hydrogen-bond acceptors (Lipinski definition) is 3. The van der Waals surface area contributed by atoms with Crippen molar-refractivity contribution in [1.82, 2.24) is 4.90 Å². The number of aliphatic carboxylic acids is 1. The summed E-state index contributed by atoms with van der Waals surface area (Å²) >= 11 is 6.04. The first-order valence-electron chi connectivity index (χ1n) is 6.58. The van der Waals surface area contributed by atoms with E-state index in [1.54, 1.807) is 25.1 Å². The third kappa shape index (κ3) is 3.21. The largest absolute Gasteiger partial charge is 0.497 e. The van der Waals surface area contributed by atoms with E-state index in [-0.39, 0.29) is 12.1 Å². The zero-order chi connectivity index (χ0) is 15.6. The number of carboxylic acids is 1. The lowest BCUT2D eigenvalue weighted by Crippen LogP contribution is -2.40. The maximum absolute atomic E-state index is 12.3. The second-order valence-electron chi connectivity index (χ2n) is 4.94. The van der Waals surface area contributed by atoms with Crippen molar-refractivity contribution in [2.75, 3.05) is 19.0 Å². The monoisotopic (exact) mass is 312 g/mol. The van der Waals surface area contributed by atoms with Crippen LogP contribution in [0.1, 0.15) is 13.3 Å². The number of likely N-dealkylation sites (tertiary alicyclic amines) is 1. The summed E-state index contributed by atoms with van der Waals surface area (Å²) < 4.78 is 5.09. The third-order valence-corrected chi connectivity index (χ3v) is 4.08. The molecule has 1 aliphatic rings. The van der Waals surface area contributed by atoms with E-state index >= 15 is 0 Å². The Labute approximate surface area is 127 Å². The molecule has 1 aromatic rings. The van der Waals surface area contributed by atoms with Gasteiger partial charge in [0.2, 0.25) is 0 Å². The summed E-state index contributed by atoms with van der Waals surface area (Å²) in [6.45, 7) is 2.14. The fourth-order valence-corrected chi connectivity index (χ4v) is 2.64. The molecule has 2 N–H and O–H groups in total. The highest BCUT2D eigenvalue weighted by Crippen LogP contribution is 2.29. The van der Waals surface area contributed by atoms with Crippen molar-refractivity contribution >= 4 is 29.3 Å². The fraction of sp³-hybridized carbons (Fsp3) is 0.429. The van der Waals surface area contributed by atoms with Crippen LogP contribution >= 0.6 is 11.6 Å². The molecule has 0 bridgehead atoms. The van der Waals surface area contributed by atoms with Crippen LogP contribution in [0.15, 0.2) is 18.2 Å². The second kappa shape index (κ2) is 6.22. The van der Waals surface area contributed by atoms with Gasteiger partial charge >= 0.3 is 12.0 Å². The lowest BCUT2D eigenvalue weighted by Gasteiger charge is -2.24. The first kappa shape index (κ1) is 15.4. The van der Waals surface area contributed by atoms with Crippen molar-refractivity contribution in [3.8, 4) is 5.75 Å². The number of carbonyl (C=O) groups is 2. The van der Waals surface area contributed by atoms with Gasteiger partial charge in [0.1, 0.15) is 5.75 Å². The highest BCUT2D eigenvalue weighted by molar-refractivity contribution is 6.33. The van der Waals surface area contributed by atoms with Crippen LogP contribution in [0.4, 0.5) is 10.5 Å². The van der Waals surface area contributed by atoms with Gasteiger partial charge in [-0.3, -0.25) is 4.79 Å². The molecule has 0 saturated carbocycles. The fourth-order valence-electron chi connectivity index (χ4n) is 2.47. The zero-order valence-corrected chi connectivity index (χ0v) is 12.6. The van der Waals surface area contributed by atoms with Gasteiger partial charge in [-0.15, -0.1) is 0 Å². The molecule has 6 nitrogen and oxygen atoms in total. The van der Waals surface area contributed by atoms with Crippen molar-refractivity contribution in [2.45, 2.75) is 19.4 Å². The molecule has 1 saturated heterocycles. The van der Waals surface area contributed by atoms with Gasteiger partial charge in [-0.25, -0.2) is 4.79 Å². The summed E-state index contributed by atoms with van der Waals surface area (Å²) in [6.07, 6.45) is 0.454. The van der Waals surface area contributed by atoms with E-state index in [9.17, 15) is 9.59 Å². The van der Waals surface area contributed by atoms with Crippen LogP contribution in [0.25, 0.3) is 0 Å². The normalized spacial score (nSPS) is 21.2. The average molecular weight is 313 g/mol. The van der Waals surface area contributed by atoms with Crippen LogP contribution in [0.3, 0.4) is 0 Å². The van der Waals surface area contributed by atoms with Gasteiger partial charge in [0.25, 0.3) is 0 Å². The van der Waals surface area contributed by atoms with Crippen molar-refractivity contribution in [2.24, 2.45) is 5.92 Å². The van der Waals surface area contributed by atoms with Gasteiger partial charge in [-0.05, 0) is 25.5 Å². The predicted molar refractivity (Wildman–Crippen MR) is 78.9 cm³/mol. The van der Waals surface area contributed by atoms with Gasteiger partial charge in [-0.2, -0.15) is 0 Å². The topological polar surface area (TPSA) is 78.9 Å². The maximum atomic E-state index is 12.3. The minimum Gasteiger partial charge on any atom is -0.497 e. The van der Waals surface area contributed by atoms with Crippen molar-refractivity contribution in [1.29, 1.82) is 0 Å². The molecule has 2 amide bonds. The molecule has 0 aromatic heterocycles. The number of carbonyl (C=O) groups excluding carboxylic acids is 1. The number of nitrogens with one attached hydrogen (secondary N) is 1. The number of anilines is 1. The summed E-state index contributed by atoms with van der Waals surface area (Å²) in [5.41, 5.74) is 0.437. The van der Waals surface area contributed by atoms with Crippen LogP contribution in [-0.2, 0) is 4.79 Å². The Morgan fingerprint density at radius 3 is 2.76 bits per heavy atom. The standard InChI is InChI=1S/C14H17ClN2O4/c1-8-10(13(18)19)5-6-17(8)14(20)16-12-7-9(21-2)3-4-11(12)15/h3-4,7-8,10H,5-6H2,1-2H3,(H,16,20)(H,18,19). The van der Waals surface area contributed by atoms with E-state index in [4.69, 9.17) is 21.4 Å². The summed E-state index contributed by atoms with van der Waals surface area (Å²) in [5, 5.41) is 12.2. The van der Waals surface area contributed by atoms with E-state index in [2.05, 4.69) is 5.32 Å². The molecule has 2 atom stereocenters. The smallest absolute Gasteiger partial charge is 0.322 e. The molecule has 0 aliphatic carbocycles. The molecule has 2 unspecified atom stereocenters. The molecular formula is C14H17ClN2O4. The van der Waals surface area contributed by atoms with Crippen LogP contribution in [0.5, 0.6) is 5.75 Å². The number of halogens is 1. The van der Waals surface area contributed by atoms with Crippen LogP contribution < -0.4 is 10.1 Å². The second-order valence-corrected chi connectivity index (χ2v) is 5.35. The number of benzene rings is 1. The van der Waals surface area contributed by atoms with Crippen LogP contribution in [0, 0.1) is 5.92 Å². The minimum atomic E-state index is -0.878. The molecule has 0 spiro atoms. The Bertz CT molecular complexity index is 564. The van der Waals surface area contributed by atoms with E-state index in [1.807, 2.05) is 0 Å². The Hall–Kier alpha value is -1.95. The first-order valence-corrected chi connectivity index (χ1v) is 6.95. The Morgan fingerprint density at radius 1 is 1.48 bits per heavy atom. The highest BCUT2D eigenvalue weighted by Gasteiger charge is 2.38. The number of methoxy groups -OCH3 is 1. The SMILES string of the molecule is COc1ccc(Cl)c(NC(=O)N2CCC(C(=O)O)C2C)c1. The van der Waals surface area contributed by atoms with Gasteiger partial charge < -0.3 is 20.1 Å². The number of hydrogen-bond donors (Lipinski definition) is 2. The molecule has 2 rings (SSSR count). The number of amides is 2. The first-order chi connectivity index (χ1) is 9.93. The van der Waals surface area contributed by atoms with Gasteiger partial charge in [0, 0.05) is 18.7 Å².